The minimum absolute atomic E-state index is 0.367. The molecule has 0 aliphatic heterocycles. The Kier molecular flexibility index (Phi) is 3.07. The van der Waals surface area contributed by atoms with Crippen LogP contribution in [0.4, 0.5) is 0 Å². The quantitative estimate of drug-likeness (QED) is 0.697. The van der Waals surface area contributed by atoms with Gasteiger partial charge in [-0.3, -0.25) is 5.10 Å². The van der Waals surface area contributed by atoms with Crippen molar-refractivity contribution in [2.24, 2.45) is 0 Å². The van der Waals surface area contributed by atoms with E-state index in [1.807, 2.05) is 18.2 Å². The van der Waals surface area contributed by atoms with Crippen molar-refractivity contribution in [2.75, 3.05) is 0 Å². The zero-order chi connectivity index (χ0) is 10.8. The Morgan fingerprint density at radius 3 is 3.07 bits per heavy atom. The number of aromatic amines is 1. The molecule has 1 unspecified atom stereocenters. The summed E-state index contributed by atoms with van der Waals surface area (Å²) in [4.78, 5) is 10.3. The van der Waals surface area contributed by atoms with Crippen LogP contribution in [-0.2, 0) is 10.7 Å². The summed E-state index contributed by atoms with van der Waals surface area (Å²) in [6.45, 7) is 0. The van der Waals surface area contributed by atoms with Crippen LogP contribution in [-0.4, -0.2) is 16.5 Å². The van der Waals surface area contributed by atoms with Crippen LogP contribution in [0.5, 0.6) is 0 Å². The average Bonchev–Trinajstić information content (AvgIpc) is 2.70. The lowest BCUT2D eigenvalue weighted by Crippen LogP contribution is -1.91. The van der Waals surface area contributed by atoms with Crippen molar-refractivity contribution >= 4 is 44.7 Å². The molecule has 2 rings (SSSR count). The smallest absolute Gasteiger partial charge is 0.139 e. The van der Waals surface area contributed by atoms with Crippen molar-refractivity contribution in [1.82, 2.24) is 10.2 Å². The third-order valence-electron chi connectivity index (χ3n) is 2.19. The summed E-state index contributed by atoms with van der Waals surface area (Å²) < 4.78 is 0. The molecule has 1 aromatic carbocycles. The third-order valence-corrected chi connectivity index (χ3v) is 3.15. The van der Waals surface area contributed by atoms with Crippen LogP contribution < -0.4 is 0 Å². The topological polar surface area (TPSA) is 45.8 Å². The number of rotatable bonds is 3. The van der Waals surface area contributed by atoms with Gasteiger partial charge in [0.15, 0.2) is 0 Å². The molecule has 15 heavy (non-hydrogen) atoms. The number of nitrogens with zero attached hydrogens (tertiary/aromatic N) is 1. The number of aldehydes is 1. The first-order valence-corrected chi connectivity index (χ1v) is 5.83. The second-order valence-electron chi connectivity index (χ2n) is 3.16. The van der Waals surface area contributed by atoms with Crippen LogP contribution in [0, 0.1) is 0 Å². The van der Waals surface area contributed by atoms with E-state index in [0.29, 0.717) is 11.6 Å². The molecule has 0 saturated heterocycles. The Balaban J connectivity index is 2.56. The van der Waals surface area contributed by atoms with E-state index < -0.39 is 0 Å². The molecule has 1 atom stereocenters. The van der Waals surface area contributed by atoms with Crippen LogP contribution in [0.15, 0.2) is 18.2 Å². The standard InChI is InChI=1S/C10H8BrClN2O/c11-8(5-15)10-7-2-1-6(4-12)3-9(7)13-14-10/h1-3,5,8H,4H2,(H,13,14). The molecule has 5 heteroatoms. The third kappa shape index (κ3) is 1.92. The van der Waals surface area contributed by atoms with Crippen LogP contribution in [0.1, 0.15) is 16.1 Å². The summed E-state index contributed by atoms with van der Waals surface area (Å²) in [6.07, 6.45) is 0.811. The highest BCUT2D eigenvalue weighted by Crippen LogP contribution is 2.26. The second-order valence-corrected chi connectivity index (χ2v) is 4.41. The van der Waals surface area contributed by atoms with Gasteiger partial charge in [0.2, 0.25) is 0 Å². The van der Waals surface area contributed by atoms with Crippen molar-refractivity contribution in [2.45, 2.75) is 10.7 Å². The molecule has 0 radical (unpaired) electrons. The van der Waals surface area contributed by atoms with Crippen molar-refractivity contribution in [3.8, 4) is 0 Å². The van der Waals surface area contributed by atoms with E-state index in [9.17, 15) is 4.79 Å². The molecule has 0 aliphatic rings. The Morgan fingerprint density at radius 2 is 2.40 bits per heavy atom. The second kappa shape index (κ2) is 4.33. The van der Waals surface area contributed by atoms with Crippen molar-refractivity contribution in [3.63, 3.8) is 0 Å². The normalized spacial score (nSPS) is 12.9. The molecular weight excluding hydrogens is 279 g/mol. The fourth-order valence-corrected chi connectivity index (χ4v) is 1.96. The van der Waals surface area contributed by atoms with Gasteiger partial charge in [0.1, 0.15) is 11.1 Å². The summed E-state index contributed by atoms with van der Waals surface area (Å²) in [5.41, 5.74) is 2.63. The number of H-pyrrole nitrogens is 1. The van der Waals surface area contributed by atoms with E-state index in [1.54, 1.807) is 0 Å². The first-order chi connectivity index (χ1) is 7.26. The number of benzene rings is 1. The molecule has 0 fully saturated rings. The van der Waals surface area contributed by atoms with E-state index in [4.69, 9.17) is 11.6 Å². The molecule has 3 nitrogen and oxygen atoms in total. The van der Waals surface area contributed by atoms with Crippen LogP contribution in [0.2, 0.25) is 0 Å². The predicted octanol–water partition coefficient (Wildman–Crippen LogP) is 2.94. The number of carbonyl (C=O) groups is 1. The van der Waals surface area contributed by atoms with Crippen LogP contribution >= 0.6 is 27.5 Å². The summed E-state index contributed by atoms with van der Waals surface area (Å²) in [7, 11) is 0. The molecule has 2 aromatic rings. The number of alkyl halides is 2. The Morgan fingerprint density at radius 1 is 1.60 bits per heavy atom. The number of hydrogen-bond acceptors (Lipinski definition) is 2. The fourth-order valence-electron chi connectivity index (χ4n) is 1.45. The van der Waals surface area contributed by atoms with Crippen LogP contribution in [0.3, 0.4) is 0 Å². The number of nitrogens with one attached hydrogen (secondary N) is 1. The van der Waals surface area contributed by atoms with Gasteiger partial charge >= 0.3 is 0 Å². The maximum absolute atomic E-state index is 10.6. The van der Waals surface area contributed by atoms with Gasteiger partial charge in [0.25, 0.3) is 0 Å². The molecule has 0 bridgehead atoms. The van der Waals surface area contributed by atoms with Gasteiger partial charge in [0.05, 0.1) is 11.2 Å². The summed E-state index contributed by atoms with van der Waals surface area (Å²) >= 11 is 8.97. The largest absolute Gasteiger partial charge is 0.302 e. The highest BCUT2D eigenvalue weighted by Gasteiger charge is 2.13. The van der Waals surface area contributed by atoms with Crippen molar-refractivity contribution in [3.05, 3.63) is 29.5 Å². The van der Waals surface area contributed by atoms with Crippen molar-refractivity contribution < 1.29 is 4.79 Å². The summed E-state index contributed by atoms with van der Waals surface area (Å²) in [6, 6.07) is 5.78. The molecule has 0 aliphatic carbocycles. The minimum Gasteiger partial charge on any atom is -0.302 e. The predicted molar refractivity (Wildman–Crippen MR) is 63.4 cm³/mol. The molecule has 0 amide bonds. The Hall–Kier alpha value is -0.870. The minimum atomic E-state index is -0.367. The zero-order valence-electron chi connectivity index (χ0n) is 7.71. The van der Waals surface area contributed by atoms with E-state index in [1.165, 1.54) is 0 Å². The van der Waals surface area contributed by atoms with E-state index >= 15 is 0 Å². The average molecular weight is 288 g/mol. The van der Waals surface area contributed by atoms with Crippen molar-refractivity contribution in [1.29, 1.82) is 0 Å². The van der Waals surface area contributed by atoms with E-state index in [0.717, 1.165) is 22.8 Å². The Bertz CT molecular complexity index is 497. The van der Waals surface area contributed by atoms with Gasteiger partial charge in [0, 0.05) is 11.3 Å². The van der Waals surface area contributed by atoms with Gasteiger partial charge in [-0.25, -0.2) is 0 Å². The lowest BCUT2D eigenvalue weighted by molar-refractivity contribution is -0.107. The fraction of sp³-hybridized carbons (Fsp3) is 0.200. The Labute approximate surface area is 99.9 Å². The highest BCUT2D eigenvalue weighted by atomic mass is 79.9. The number of carbonyl (C=O) groups excluding carboxylic acids is 1. The molecule has 78 valence electrons. The first kappa shape index (κ1) is 10.6. The molecular formula is C10H8BrClN2O. The monoisotopic (exact) mass is 286 g/mol. The highest BCUT2D eigenvalue weighted by molar-refractivity contribution is 9.09. The molecule has 0 saturated carbocycles. The van der Waals surface area contributed by atoms with Crippen LogP contribution in [0.25, 0.3) is 10.9 Å². The van der Waals surface area contributed by atoms with Gasteiger partial charge in [-0.05, 0) is 11.6 Å². The first-order valence-electron chi connectivity index (χ1n) is 4.38. The molecule has 1 N–H and O–H groups in total. The molecule has 1 aromatic heterocycles. The number of fused-ring (bicyclic) bond motifs is 1. The maximum atomic E-state index is 10.6. The summed E-state index contributed by atoms with van der Waals surface area (Å²) in [5.74, 6) is 0.468. The number of aromatic nitrogens is 2. The molecule has 1 heterocycles. The van der Waals surface area contributed by atoms with E-state index in [2.05, 4.69) is 26.1 Å². The number of halogens is 2. The van der Waals surface area contributed by atoms with Gasteiger partial charge < -0.3 is 4.79 Å². The maximum Gasteiger partial charge on any atom is 0.139 e. The van der Waals surface area contributed by atoms with Gasteiger partial charge in [-0.2, -0.15) is 5.10 Å². The SMILES string of the molecule is O=CC(Br)c1n[nH]c2cc(CCl)ccc12. The van der Waals surface area contributed by atoms with Gasteiger partial charge in [-0.1, -0.05) is 28.1 Å². The van der Waals surface area contributed by atoms with Gasteiger partial charge in [-0.15, -0.1) is 11.6 Å². The lowest BCUT2D eigenvalue weighted by Gasteiger charge is -1.98. The van der Waals surface area contributed by atoms with E-state index in [-0.39, 0.29) is 4.83 Å². The lowest BCUT2D eigenvalue weighted by atomic mass is 10.1. The number of hydrogen-bond donors (Lipinski definition) is 1. The summed E-state index contributed by atoms with van der Waals surface area (Å²) in [5, 5.41) is 7.92. The molecule has 0 spiro atoms. The zero-order valence-corrected chi connectivity index (χ0v) is 10.0.